The van der Waals surface area contributed by atoms with Gasteiger partial charge in [-0.15, -0.1) is 10.2 Å². The van der Waals surface area contributed by atoms with E-state index >= 15 is 0 Å². The van der Waals surface area contributed by atoms with Crippen molar-refractivity contribution in [3.8, 4) is 0 Å². The average molecular weight is 381 g/mol. The van der Waals surface area contributed by atoms with E-state index < -0.39 is 10.9 Å². The molecule has 1 fully saturated rings. The third-order valence-electron chi connectivity index (χ3n) is 5.06. The van der Waals surface area contributed by atoms with Crippen LogP contribution in [0.2, 0.25) is 0 Å². The molecule has 9 heteroatoms. The molecule has 3 aromatic rings. The number of methoxy groups -OCH3 is 1. The van der Waals surface area contributed by atoms with Crippen molar-refractivity contribution >= 4 is 23.0 Å². The quantitative estimate of drug-likeness (QED) is 0.389. The fourth-order valence-corrected chi connectivity index (χ4v) is 3.73. The molecule has 1 atom stereocenters. The van der Waals surface area contributed by atoms with E-state index in [9.17, 15) is 14.9 Å². The smallest absolute Gasteiger partial charge is 0.340 e. The molecule has 0 bridgehead atoms. The van der Waals surface area contributed by atoms with Crippen LogP contribution in [0.25, 0.3) is 5.65 Å². The number of nitrogens with zero attached hydrogens (tertiary/aromatic N) is 5. The van der Waals surface area contributed by atoms with Crippen LogP contribution in [0.5, 0.6) is 0 Å². The minimum atomic E-state index is -0.589. The van der Waals surface area contributed by atoms with Gasteiger partial charge in [0.2, 0.25) is 0 Å². The molecule has 9 nitrogen and oxygen atoms in total. The number of nitro groups is 1. The van der Waals surface area contributed by atoms with Crippen LogP contribution in [0.15, 0.2) is 42.6 Å². The predicted octanol–water partition coefficient (Wildman–Crippen LogP) is 2.81. The van der Waals surface area contributed by atoms with Gasteiger partial charge in [0.15, 0.2) is 5.65 Å². The van der Waals surface area contributed by atoms with Crippen LogP contribution in [-0.2, 0) is 4.74 Å². The second-order valence-electron chi connectivity index (χ2n) is 6.72. The third-order valence-corrected chi connectivity index (χ3v) is 5.06. The molecule has 3 heterocycles. The molecule has 0 radical (unpaired) electrons. The first-order chi connectivity index (χ1) is 13.6. The van der Waals surface area contributed by atoms with Gasteiger partial charge in [-0.1, -0.05) is 6.07 Å². The maximum atomic E-state index is 12.2. The number of hydrogen-bond donors (Lipinski definition) is 0. The summed E-state index contributed by atoms with van der Waals surface area (Å²) < 4.78 is 6.82. The Bertz CT molecular complexity index is 1050. The van der Waals surface area contributed by atoms with Crippen molar-refractivity contribution in [1.82, 2.24) is 14.6 Å². The fourth-order valence-electron chi connectivity index (χ4n) is 3.73. The summed E-state index contributed by atoms with van der Waals surface area (Å²) in [5, 5.41) is 19.7. The van der Waals surface area contributed by atoms with Crippen LogP contribution in [0.1, 0.15) is 34.9 Å². The standard InChI is InChI=1S/C19H19N5O4/c1-28-19(25)15-11-14(24(26)27)7-8-16(15)22-9-4-5-13(12-22)18-21-20-17-6-2-3-10-23(17)18/h2-3,6-8,10-11,13H,4-5,9,12H2,1H3. The maximum absolute atomic E-state index is 12.2. The maximum Gasteiger partial charge on any atom is 0.340 e. The molecule has 0 N–H and O–H groups in total. The molecule has 1 aliphatic rings. The van der Waals surface area contributed by atoms with Crippen molar-refractivity contribution < 1.29 is 14.5 Å². The highest BCUT2D eigenvalue weighted by molar-refractivity contribution is 5.96. The summed E-state index contributed by atoms with van der Waals surface area (Å²) in [6.45, 7) is 1.38. The lowest BCUT2D eigenvalue weighted by atomic mass is 9.96. The number of aromatic nitrogens is 3. The Balaban J connectivity index is 1.68. The molecule has 4 rings (SSSR count). The van der Waals surface area contributed by atoms with Crippen molar-refractivity contribution in [2.24, 2.45) is 0 Å². The SMILES string of the molecule is COC(=O)c1cc([N+](=O)[O-])ccc1N1CCCC(c2nnc3ccccn23)C1. The summed E-state index contributed by atoms with van der Waals surface area (Å²) in [4.78, 5) is 24.9. The Kier molecular flexibility index (Phi) is 4.64. The number of carbonyl (C=O) groups is 1. The van der Waals surface area contributed by atoms with Gasteiger partial charge in [0, 0.05) is 37.3 Å². The number of rotatable bonds is 4. The number of hydrogen-bond acceptors (Lipinski definition) is 7. The summed E-state index contributed by atoms with van der Waals surface area (Å²) in [7, 11) is 1.27. The molecule has 2 aromatic heterocycles. The summed E-state index contributed by atoms with van der Waals surface area (Å²) >= 11 is 0. The van der Waals surface area contributed by atoms with Crippen molar-refractivity contribution in [3.05, 3.63) is 64.1 Å². The van der Waals surface area contributed by atoms with Gasteiger partial charge in [-0.2, -0.15) is 0 Å². The van der Waals surface area contributed by atoms with Crippen molar-refractivity contribution in [2.45, 2.75) is 18.8 Å². The number of esters is 1. The van der Waals surface area contributed by atoms with E-state index in [0.29, 0.717) is 12.2 Å². The topological polar surface area (TPSA) is 103 Å². The van der Waals surface area contributed by atoms with Crippen LogP contribution >= 0.6 is 0 Å². The normalized spacial score (nSPS) is 16.9. The summed E-state index contributed by atoms with van der Waals surface area (Å²) in [6, 6.07) is 10.1. The minimum Gasteiger partial charge on any atom is -0.465 e. The number of piperidine rings is 1. The number of pyridine rings is 1. The molecule has 0 spiro atoms. The van der Waals surface area contributed by atoms with Gasteiger partial charge >= 0.3 is 5.97 Å². The zero-order chi connectivity index (χ0) is 19.7. The molecule has 1 aromatic carbocycles. The van der Waals surface area contributed by atoms with E-state index in [4.69, 9.17) is 4.74 Å². The lowest BCUT2D eigenvalue weighted by Gasteiger charge is -2.34. The third kappa shape index (κ3) is 3.15. The van der Waals surface area contributed by atoms with Crippen LogP contribution in [0, 0.1) is 10.1 Å². The average Bonchev–Trinajstić information content (AvgIpc) is 3.17. The van der Waals surface area contributed by atoms with Gasteiger partial charge in [-0.25, -0.2) is 4.79 Å². The monoisotopic (exact) mass is 381 g/mol. The Hall–Kier alpha value is -3.49. The second kappa shape index (κ2) is 7.26. The highest BCUT2D eigenvalue weighted by Crippen LogP contribution is 2.33. The van der Waals surface area contributed by atoms with Gasteiger partial charge in [-0.05, 0) is 31.0 Å². The van der Waals surface area contributed by atoms with Crippen molar-refractivity contribution in [3.63, 3.8) is 0 Å². The number of nitro benzene ring substituents is 1. The van der Waals surface area contributed by atoms with E-state index in [1.165, 1.54) is 19.2 Å². The fraction of sp³-hybridized carbons (Fsp3) is 0.316. The second-order valence-corrected chi connectivity index (χ2v) is 6.72. The number of ether oxygens (including phenoxy) is 1. The van der Waals surface area contributed by atoms with Gasteiger partial charge in [0.1, 0.15) is 5.82 Å². The first kappa shape index (κ1) is 17.9. The molecule has 0 saturated carbocycles. The zero-order valence-electron chi connectivity index (χ0n) is 15.3. The summed E-state index contributed by atoms with van der Waals surface area (Å²) in [6.07, 6.45) is 3.80. The van der Waals surface area contributed by atoms with Crippen LogP contribution < -0.4 is 4.90 Å². The van der Waals surface area contributed by atoms with Gasteiger partial charge < -0.3 is 9.64 Å². The largest absolute Gasteiger partial charge is 0.465 e. The summed E-state index contributed by atoms with van der Waals surface area (Å²) in [5.74, 6) is 0.419. The summed E-state index contributed by atoms with van der Waals surface area (Å²) in [5.41, 5.74) is 1.49. The van der Waals surface area contributed by atoms with Crippen molar-refractivity contribution in [2.75, 3.05) is 25.1 Å². The van der Waals surface area contributed by atoms with E-state index in [-0.39, 0.29) is 17.2 Å². The Morgan fingerprint density at radius 1 is 1.29 bits per heavy atom. The molecule has 1 aliphatic heterocycles. The van der Waals surface area contributed by atoms with Crippen LogP contribution in [0.3, 0.4) is 0 Å². The molecule has 144 valence electrons. The zero-order valence-corrected chi connectivity index (χ0v) is 15.3. The first-order valence-electron chi connectivity index (χ1n) is 9.00. The van der Waals surface area contributed by atoms with E-state index in [0.717, 1.165) is 30.9 Å². The molecule has 1 saturated heterocycles. The lowest BCUT2D eigenvalue weighted by molar-refractivity contribution is -0.384. The number of non-ortho nitro benzene ring substituents is 1. The molecule has 28 heavy (non-hydrogen) atoms. The van der Waals surface area contributed by atoms with E-state index in [1.807, 2.05) is 28.8 Å². The van der Waals surface area contributed by atoms with Gasteiger partial charge in [0.05, 0.1) is 23.3 Å². The predicted molar refractivity (Wildman–Crippen MR) is 102 cm³/mol. The molecule has 0 amide bonds. The van der Waals surface area contributed by atoms with E-state index in [2.05, 4.69) is 15.1 Å². The molecule has 1 unspecified atom stereocenters. The number of fused-ring (bicyclic) bond motifs is 1. The number of carbonyl (C=O) groups excluding carboxylic acids is 1. The van der Waals surface area contributed by atoms with Crippen LogP contribution in [-0.4, -0.2) is 45.7 Å². The van der Waals surface area contributed by atoms with Gasteiger partial charge in [-0.3, -0.25) is 14.5 Å². The minimum absolute atomic E-state index is 0.131. The van der Waals surface area contributed by atoms with Crippen molar-refractivity contribution in [1.29, 1.82) is 0 Å². The highest BCUT2D eigenvalue weighted by atomic mass is 16.6. The Labute approximate surface area is 160 Å². The molecule has 0 aliphatic carbocycles. The lowest BCUT2D eigenvalue weighted by Crippen LogP contribution is -2.36. The molecular formula is C19H19N5O4. The van der Waals surface area contributed by atoms with Gasteiger partial charge in [0.25, 0.3) is 5.69 Å². The Morgan fingerprint density at radius 2 is 2.14 bits per heavy atom. The van der Waals surface area contributed by atoms with Crippen LogP contribution in [0.4, 0.5) is 11.4 Å². The van der Waals surface area contributed by atoms with E-state index in [1.54, 1.807) is 6.07 Å². The first-order valence-corrected chi connectivity index (χ1v) is 9.00. The highest BCUT2D eigenvalue weighted by Gasteiger charge is 2.28. The molecular weight excluding hydrogens is 362 g/mol. The number of anilines is 1. The Morgan fingerprint density at radius 3 is 2.93 bits per heavy atom. The number of benzene rings is 1.